The summed E-state index contributed by atoms with van der Waals surface area (Å²) in [5.41, 5.74) is 5.74. The van der Waals surface area contributed by atoms with Crippen LogP contribution in [0.15, 0.2) is 4.79 Å². The average molecular weight is 198 g/mol. The van der Waals surface area contributed by atoms with Crippen LogP contribution in [0.1, 0.15) is 11.4 Å². The summed E-state index contributed by atoms with van der Waals surface area (Å²) in [4.78, 5) is 17.9. The summed E-state index contributed by atoms with van der Waals surface area (Å²) < 4.78 is 0. The second-order valence-electron chi connectivity index (χ2n) is 2.92. The molecule has 0 radical (unpaired) electrons. The van der Waals surface area contributed by atoms with Gasteiger partial charge in [0.25, 0.3) is 5.56 Å². The van der Waals surface area contributed by atoms with E-state index in [0.29, 0.717) is 24.5 Å². The summed E-state index contributed by atoms with van der Waals surface area (Å²) >= 11 is 0. The van der Waals surface area contributed by atoms with E-state index in [2.05, 4.69) is 15.3 Å². The third-order valence-electron chi connectivity index (χ3n) is 1.76. The Labute approximate surface area is 81.2 Å². The van der Waals surface area contributed by atoms with E-state index in [1.54, 1.807) is 6.92 Å². The highest BCUT2D eigenvalue weighted by molar-refractivity contribution is 5.37. The maximum Gasteiger partial charge on any atom is 0.257 e. The normalized spacial score (nSPS) is 10.4. The van der Waals surface area contributed by atoms with Crippen LogP contribution in [0.4, 0.5) is 5.82 Å². The summed E-state index contributed by atoms with van der Waals surface area (Å²) in [5.74, 6) is 0.732. The van der Waals surface area contributed by atoms with E-state index in [1.807, 2.05) is 0 Å². The molecule has 6 nitrogen and oxygen atoms in total. The first-order chi connectivity index (χ1) is 6.65. The third kappa shape index (κ3) is 2.54. The zero-order valence-corrected chi connectivity index (χ0v) is 8.00. The van der Waals surface area contributed by atoms with Crippen LogP contribution in [0, 0.1) is 6.92 Å². The van der Waals surface area contributed by atoms with Crippen LogP contribution in [-0.4, -0.2) is 28.2 Å². The first-order valence-corrected chi connectivity index (χ1v) is 4.32. The van der Waals surface area contributed by atoms with Crippen LogP contribution in [0.3, 0.4) is 0 Å². The Morgan fingerprint density at radius 1 is 1.64 bits per heavy atom. The van der Waals surface area contributed by atoms with Crippen molar-refractivity contribution in [1.29, 1.82) is 0 Å². The predicted octanol–water partition coefficient (Wildman–Crippen LogP) is -1.26. The van der Waals surface area contributed by atoms with Gasteiger partial charge in [0.15, 0.2) is 0 Å². The lowest BCUT2D eigenvalue weighted by atomic mass is 10.3. The number of hydrogen-bond donors (Lipinski definition) is 4. The van der Waals surface area contributed by atoms with E-state index >= 15 is 0 Å². The molecule has 1 aromatic rings. The van der Waals surface area contributed by atoms with Crippen molar-refractivity contribution in [3.05, 3.63) is 21.7 Å². The molecule has 6 heteroatoms. The number of aliphatic hydroxyl groups excluding tert-OH is 1. The number of nitrogens with one attached hydrogen (secondary N) is 2. The summed E-state index contributed by atoms with van der Waals surface area (Å²) in [6, 6.07) is 0. The lowest BCUT2D eigenvalue weighted by Crippen LogP contribution is -2.26. The molecule has 0 saturated carbocycles. The maximum absolute atomic E-state index is 11.4. The van der Waals surface area contributed by atoms with Gasteiger partial charge in [-0.2, -0.15) is 0 Å². The Morgan fingerprint density at radius 3 is 2.93 bits per heavy atom. The van der Waals surface area contributed by atoms with Crippen molar-refractivity contribution in [3.63, 3.8) is 0 Å². The molecule has 0 amide bonds. The topological polar surface area (TPSA) is 104 Å². The number of rotatable bonds is 4. The smallest absolute Gasteiger partial charge is 0.257 e. The number of aliphatic hydroxyl groups is 1. The molecular weight excluding hydrogens is 184 g/mol. The fourth-order valence-electron chi connectivity index (χ4n) is 1.10. The van der Waals surface area contributed by atoms with Crippen molar-refractivity contribution < 1.29 is 5.11 Å². The van der Waals surface area contributed by atoms with Crippen LogP contribution in [0.2, 0.25) is 0 Å². The van der Waals surface area contributed by atoms with Gasteiger partial charge < -0.3 is 21.1 Å². The van der Waals surface area contributed by atoms with Crippen molar-refractivity contribution in [2.24, 2.45) is 0 Å². The molecule has 1 rings (SSSR count). The van der Waals surface area contributed by atoms with Gasteiger partial charge in [0.1, 0.15) is 11.6 Å². The first-order valence-electron chi connectivity index (χ1n) is 4.32. The molecule has 78 valence electrons. The number of nitrogen functional groups attached to an aromatic ring is 1. The van der Waals surface area contributed by atoms with Gasteiger partial charge in [-0.3, -0.25) is 4.79 Å². The molecule has 0 aliphatic rings. The van der Waals surface area contributed by atoms with E-state index in [0.717, 1.165) is 0 Å². The Kier molecular flexibility index (Phi) is 3.61. The molecule has 0 unspecified atom stereocenters. The zero-order valence-electron chi connectivity index (χ0n) is 8.00. The number of aromatic nitrogens is 2. The molecule has 0 fully saturated rings. The second kappa shape index (κ2) is 4.73. The van der Waals surface area contributed by atoms with Crippen LogP contribution >= 0.6 is 0 Å². The molecule has 14 heavy (non-hydrogen) atoms. The van der Waals surface area contributed by atoms with Crippen molar-refractivity contribution in [1.82, 2.24) is 15.3 Å². The van der Waals surface area contributed by atoms with Crippen molar-refractivity contribution in [2.75, 3.05) is 18.9 Å². The number of H-pyrrole nitrogens is 1. The number of anilines is 1. The molecule has 0 saturated heterocycles. The number of hydrogen-bond acceptors (Lipinski definition) is 5. The maximum atomic E-state index is 11.4. The molecule has 0 atom stereocenters. The number of nitrogens with two attached hydrogens (primary N) is 1. The molecular formula is C8H14N4O2. The molecule has 0 bridgehead atoms. The van der Waals surface area contributed by atoms with Gasteiger partial charge in [-0.15, -0.1) is 0 Å². The van der Waals surface area contributed by atoms with Crippen LogP contribution < -0.4 is 16.6 Å². The van der Waals surface area contributed by atoms with Crippen LogP contribution in [0.5, 0.6) is 0 Å². The molecule has 5 N–H and O–H groups in total. The summed E-state index contributed by atoms with van der Waals surface area (Å²) in [7, 11) is 0. The third-order valence-corrected chi connectivity index (χ3v) is 1.76. The minimum absolute atomic E-state index is 0.0249. The number of aromatic amines is 1. The van der Waals surface area contributed by atoms with E-state index in [-0.39, 0.29) is 18.0 Å². The second-order valence-corrected chi connectivity index (χ2v) is 2.92. The van der Waals surface area contributed by atoms with Gasteiger partial charge >= 0.3 is 0 Å². The highest BCUT2D eigenvalue weighted by atomic mass is 16.3. The first kappa shape index (κ1) is 10.7. The van der Waals surface area contributed by atoms with E-state index in [4.69, 9.17) is 10.8 Å². The van der Waals surface area contributed by atoms with Gasteiger partial charge in [0.05, 0.1) is 12.2 Å². The lowest BCUT2D eigenvalue weighted by Gasteiger charge is -2.05. The molecule has 0 aliphatic carbocycles. The van der Waals surface area contributed by atoms with Crippen LogP contribution in [0.25, 0.3) is 0 Å². The van der Waals surface area contributed by atoms with Gasteiger partial charge in [0.2, 0.25) is 0 Å². The summed E-state index contributed by atoms with van der Waals surface area (Å²) in [6.45, 7) is 2.43. The van der Waals surface area contributed by atoms with Crippen molar-refractivity contribution >= 4 is 5.82 Å². The molecule has 1 aromatic heterocycles. The monoisotopic (exact) mass is 198 g/mol. The largest absolute Gasteiger partial charge is 0.395 e. The Morgan fingerprint density at radius 2 is 2.36 bits per heavy atom. The van der Waals surface area contributed by atoms with E-state index in [9.17, 15) is 4.79 Å². The quantitative estimate of drug-likeness (QED) is 0.452. The SMILES string of the molecule is Cc1nc(N)c(CNCCO)c(=O)[nH]1. The molecule has 1 heterocycles. The number of aryl methyl sites for hydroxylation is 1. The molecule has 0 aliphatic heterocycles. The zero-order chi connectivity index (χ0) is 10.6. The Bertz CT molecular complexity index is 361. The van der Waals surface area contributed by atoms with Gasteiger partial charge in [-0.1, -0.05) is 0 Å². The lowest BCUT2D eigenvalue weighted by molar-refractivity contribution is 0.292. The standard InChI is InChI=1S/C8H14N4O2/c1-5-11-7(9)6(8(14)12-5)4-10-2-3-13/h10,13H,2-4H2,1H3,(H3,9,11,12,14). The number of nitrogens with zero attached hydrogens (tertiary/aromatic N) is 1. The molecule has 0 aromatic carbocycles. The van der Waals surface area contributed by atoms with Crippen molar-refractivity contribution in [3.8, 4) is 0 Å². The summed E-state index contributed by atoms with van der Waals surface area (Å²) in [6.07, 6.45) is 0. The Hall–Kier alpha value is -1.40. The van der Waals surface area contributed by atoms with E-state index < -0.39 is 0 Å². The Balaban J connectivity index is 2.81. The van der Waals surface area contributed by atoms with Crippen LogP contribution in [-0.2, 0) is 6.54 Å². The minimum Gasteiger partial charge on any atom is -0.395 e. The minimum atomic E-state index is -0.236. The average Bonchev–Trinajstić information content (AvgIpc) is 2.09. The van der Waals surface area contributed by atoms with Crippen molar-refractivity contribution in [2.45, 2.75) is 13.5 Å². The van der Waals surface area contributed by atoms with E-state index in [1.165, 1.54) is 0 Å². The molecule has 0 spiro atoms. The van der Waals surface area contributed by atoms with Gasteiger partial charge in [-0.25, -0.2) is 4.98 Å². The highest BCUT2D eigenvalue weighted by Gasteiger charge is 2.05. The summed E-state index contributed by atoms with van der Waals surface area (Å²) in [5, 5.41) is 11.4. The predicted molar refractivity (Wildman–Crippen MR) is 52.8 cm³/mol. The fraction of sp³-hybridized carbons (Fsp3) is 0.500. The highest BCUT2D eigenvalue weighted by Crippen LogP contribution is 2.00. The fourth-order valence-corrected chi connectivity index (χ4v) is 1.10. The van der Waals surface area contributed by atoms with Gasteiger partial charge in [-0.05, 0) is 6.92 Å². The van der Waals surface area contributed by atoms with Gasteiger partial charge in [0, 0.05) is 13.1 Å².